The van der Waals surface area contributed by atoms with E-state index < -0.39 is 23.4 Å². The van der Waals surface area contributed by atoms with E-state index in [0.717, 1.165) is 52.7 Å². The monoisotopic (exact) mass is 541 g/mol. The van der Waals surface area contributed by atoms with Gasteiger partial charge in [0, 0.05) is 56.0 Å². The van der Waals surface area contributed by atoms with Gasteiger partial charge >= 0.3 is 0 Å². The average molecular weight is 542 g/mol. The summed E-state index contributed by atoms with van der Waals surface area (Å²) >= 11 is 0. The summed E-state index contributed by atoms with van der Waals surface area (Å²) in [6, 6.07) is 9.71. The standard InChI is InChI=1S/C31H35N5O4/c1-30(11-3-12-30)19-34-14-9-22(10-15-34)35-18-20(17-32-35)16-21-6-7-25-27-23(21)4-2-5-24(27)28(38)36(25)31(40)13-8-26(37)33-29(31)39/h2,4-7,17-18,22,40H,3,8-16,19H2,1H3,(H,33,37,39). The minimum atomic E-state index is -2.11. The van der Waals surface area contributed by atoms with Crippen molar-refractivity contribution in [2.75, 3.05) is 24.5 Å². The molecule has 3 amide bonds. The van der Waals surface area contributed by atoms with Gasteiger partial charge in [-0.2, -0.15) is 5.10 Å². The fourth-order valence-electron chi connectivity index (χ4n) is 7.18. The van der Waals surface area contributed by atoms with Crippen LogP contribution in [0.4, 0.5) is 5.69 Å². The lowest BCUT2D eigenvalue weighted by molar-refractivity contribution is -0.149. The number of aliphatic hydroxyl groups is 1. The van der Waals surface area contributed by atoms with Gasteiger partial charge < -0.3 is 10.0 Å². The van der Waals surface area contributed by atoms with E-state index in [-0.39, 0.29) is 12.8 Å². The quantitative estimate of drug-likeness (QED) is 0.463. The molecule has 3 aliphatic heterocycles. The first-order valence-electron chi connectivity index (χ1n) is 14.5. The number of nitrogens with one attached hydrogen (secondary N) is 1. The summed E-state index contributed by atoms with van der Waals surface area (Å²) < 4.78 is 2.13. The number of rotatable bonds is 6. The molecule has 4 heterocycles. The Balaban J connectivity index is 1.11. The van der Waals surface area contributed by atoms with Gasteiger partial charge in [0.25, 0.3) is 11.8 Å². The van der Waals surface area contributed by atoms with Crippen LogP contribution in [0.5, 0.6) is 0 Å². The molecule has 9 heteroatoms. The highest BCUT2D eigenvalue weighted by Gasteiger charge is 2.52. The number of aromatic nitrogens is 2. The van der Waals surface area contributed by atoms with E-state index in [9.17, 15) is 19.5 Å². The first-order valence-corrected chi connectivity index (χ1v) is 14.5. The number of carbonyl (C=O) groups excluding carboxylic acids is 3. The maximum Gasteiger partial charge on any atom is 0.280 e. The summed E-state index contributed by atoms with van der Waals surface area (Å²) in [4.78, 5) is 41.6. The van der Waals surface area contributed by atoms with Crippen molar-refractivity contribution < 1.29 is 19.5 Å². The number of hydrogen-bond acceptors (Lipinski definition) is 6. The van der Waals surface area contributed by atoms with Crippen molar-refractivity contribution in [1.29, 1.82) is 0 Å². The summed E-state index contributed by atoms with van der Waals surface area (Å²) in [6.45, 7) is 5.88. The molecule has 0 radical (unpaired) electrons. The van der Waals surface area contributed by atoms with Crippen LogP contribution in [0.15, 0.2) is 42.7 Å². The number of likely N-dealkylation sites (tertiary alicyclic amines) is 1. The number of benzene rings is 2. The number of piperidine rings is 2. The number of amides is 3. The van der Waals surface area contributed by atoms with Crippen LogP contribution in [0, 0.1) is 5.41 Å². The van der Waals surface area contributed by atoms with Crippen LogP contribution in [0.1, 0.15) is 79.4 Å². The molecule has 0 bridgehead atoms. The molecule has 0 spiro atoms. The maximum atomic E-state index is 13.5. The highest BCUT2D eigenvalue weighted by Crippen LogP contribution is 2.44. The molecule has 9 nitrogen and oxygen atoms in total. The molecule has 1 atom stereocenters. The van der Waals surface area contributed by atoms with Gasteiger partial charge in [0.1, 0.15) is 0 Å². The fourth-order valence-corrected chi connectivity index (χ4v) is 7.18. The summed E-state index contributed by atoms with van der Waals surface area (Å²) in [6.07, 6.45) is 10.9. The zero-order chi connectivity index (χ0) is 27.6. The minimum Gasteiger partial charge on any atom is -0.363 e. The Hall–Kier alpha value is -3.56. The molecule has 3 aromatic rings. The number of carbonyl (C=O) groups is 3. The summed E-state index contributed by atoms with van der Waals surface area (Å²) in [5, 5.41) is 19.8. The number of anilines is 1. The first-order chi connectivity index (χ1) is 19.2. The molecule has 1 aromatic heterocycles. The van der Waals surface area contributed by atoms with E-state index in [1.165, 1.54) is 25.8 Å². The average Bonchev–Trinajstić information content (AvgIpc) is 3.51. The zero-order valence-corrected chi connectivity index (χ0v) is 22.9. The minimum absolute atomic E-state index is 0.0357. The van der Waals surface area contributed by atoms with E-state index in [2.05, 4.69) is 28.0 Å². The largest absolute Gasteiger partial charge is 0.363 e. The topological polar surface area (TPSA) is 108 Å². The Morgan fingerprint density at radius 2 is 1.88 bits per heavy atom. The summed E-state index contributed by atoms with van der Waals surface area (Å²) in [5.41, 5.74) is 1.51. The third-order valence-corrected chi connectivity index (χ3v) is 9.62. The Labute approximate surface area is 233 Å². The van der Waals surface area contributed by atoms with E-state index in [4.69, 9.17) is 5.10 Å². The van der Waals surface area contributed by atoms with E-state index in [1.54, 1.807) is 12.1 Å². The molecule has 3 fully saturated rings. The van der Waals surface area contributed by atoms with Crippen LogP contribution in [0.25, 0.3) is 10.8 Å². The molecule has 4 aliphatic rings. The number of imide groups is 1. The first kappa shape index (κ1) is 25.4. The van der Waals surface area contributed by atoms with E-state index in [0.29, 0.717) is 29.1 Å². The molecular weight excluding hydrogens is 506 g/mol. The molecule has 40 heavy (non-hydrogen) atoms. The lowest BCUT2D eigenvalue weighted by atomic mass is 9.70. The van der Waals surface area contributed by atoms with Gasteiger partial charge in [-0.1, -0.05) is 31.5 Å². The lowest BCUT2D eigenvalue weighted by Gasteiger charge is -2.44. The molecule has 7 rings (SSSR count). The van der Waals surface area contributed by atoms with Crippen molar-refractivity contribution in [3.05, 3.63) is 59.4 Å². The zero-order valence-electron chi connectivity index (χ0n) is 22.9. The molecule has 208 valence electrons. The molecule has 1 unspecified atom stereocenters. The second kappa shape index (κ2) is 9.24. The van der Waals surface area contributed by atoms with Gasteiger partial charge in [-0.05, 0) is 59.7 Å². The second-order valence-electron chi connectivity index (χ2n) is 12.5. The molecule has 2 N–H and O–H groups in total. The molecule has 1 saturated carbocycles. The van der Waals surface area contributed by atoms with Crippen molar-refractivity contribution in [3.8, 4) is 0 Å². The molecular formula is C31H35N5O4. The van der Waals surface area contributed by atoms with Crippen LogP contribution >= 0.6 is 0 Å². The number of hydrogen-bond donors (Lipinski definition) is 2. The van der Waals surface area contributed by atoms with Crippen molar-refractivity contribution in [3.63, 3.8) is 0 Å². The Kier molecular flexibility index (Phi) is 5.87. The van der Waals surface area contributed by atoms with Crippen molar-refractivity contribution in [2.24, 2.45) is 5.41 Å². The number of nitrogens with zero attached hydrogens (tertiary/aromatic N) is 4. The van der Waals surface area contributed by atoms with Crippen LogP contribution in [0.3, 0.4) is 0 Å². The fraction of sp³-hybridized carbons (Fsp3) is 0.484. The third-order valence-electron chi connectivity index (χ3n) is 9.62. The summed E-state index contributed by atoms with van der Waals surface area (Å²) in [5.74, 6) is -1.75. The molecule has 2 aromatic carbocycles. The SMILES string of the molecule is CC1(CN2CCC(n3cc(Cc4ccc5c6c(cccc46)C(=O)N5C4(O)CCC(=O)NC4=O)cn3)CC2)CCC1. The normalized spacial score (nSPS) is 24.9. The van der Waals surface area contributed by atoms with Gasteiger partial charge in [0.15, 0.2) is 0 Å². The lowest BCUT2D eigenvalue weighted by Crippen LogP contribution is -2.64. The molecule has 1 aliphatic carbocycles. The van der Waals surface area contributed by atoms with E-state index >= 15 is 0 Å². The maximum absolute atomic E-state index is 13.5. The molecule has 2 saturated heterocycles. The van der Waals surface area contributed by atoms with Gasteiger partial charge in [-0.25, -0.2) is 0 Å². The van der Waals surface area contributed by atoms with Gasteiger partial charge in [-0.3, -0.25) is 29.3 Å². The van der Waals surface area contributed by atoms with Crippen LogP contribution in [-0.2, 0) is 16.0 Å². The predicted molar refractivity (Wildman–Crippen MR) is 150 cm³/mol. The van der Waals surface area contributed by atoms with Crippen molar-refractivity contribution >= 4 is 34.2 Å². The van der Waals surface area contributed by atoms with Gasteiger partial charge in [-0.15, -0.1) is 0 Å². The van der Waals surface area contributed by atoms with E-state index in [1.807, 2.05) is 24.4 Å². The summed E-state index contributed by atoms with van der Waals surface area (Å²) in [7, 11) is 0. The van der Waals surface area contributed by atoms with Crippen LogP contribution in [0.2, 0.25) is 0 Å². The Morgan fingerprint density at radius 1 is 1.07 bits per heavy atom. The Bertz CT molecular complexity index is 1530. The van der Waals surface area contributed by atoms with Crippen molar-refractivity contribution in [2.45, 2.75) is 70.1 Å². The van der Waals surface area contributed by atoms with Gasteiger partial charge in [0.05, 0.1) is 17.9 Å². The Morgan fingerprint density at radius 3 is 2.60 bits per heavy atom. The van der Waals surface area contributed by atoms with Crippen LogP contribution in [-0.4, -0.2) is 62.9 Å². The smallest absolute Gasteiger partial charge is 0.280 e. The van der Waals surface area contributed by atoms with Gasteiger partial charge in [0.2, 0.25) is 11.6 Å². The van der Waals surface area contributed by atoms with Crippen LogP contribution < -0.4 is 10.2 Å². The third kappa shape index (κ3) is 4.06. The highest BCUT2D eigenvalue weighted by molar-refractivity contribution is 6.28. The predicted octanol–water partition coefficient (Wildman–Crippen LogP) is 3.54. The second-order valence-corrected chi connectivity index (χ2v) is 12.5. The van der Waals surface area contributed by atoms with Crippen molar-refractivity contribution in [1.82, 2.24) is 20.0 Å². The highest BCUT2D eigenvalue weighted by atomic mass is 16.3.